The first-order valence-electron chi connectivity index (χ1n) is 6.46. The number of esters is 1. The number of anilines is 1. The molecule has 0 spiro atoms. The third kappa shape index (κ3) is 3.48. The lowest BCUT2D eigenvalue weighted by Gasteiger charge is -2.26. The fraction of sp³-hybridized carbons (Fsp3) is 0.429. The molecule has 1 aromatic carbocycles. The number of amides is 1. The maximum Gasteiger partial charge on any atom is 0.340 e. The fourth-order valence-electron chi connectivity index (χ4n) is 1.96. The highest BCUT2D eigenvalue weighted by molar-refractivity contribution is 5.96. The van der Waals surface area contributed by atoms with E-state index in [9.17, 15) is 9.59 Å². The molecule has 1 heterocycles. The number of benzene rings is 1. The van der Waals surface area contributed by atoms with Crippen LogP contribution < -0.4 is 5.73 Å². The van der Waals surface area contributed by atoms with E-state index in [1.807, 2.05) is 13.0 Å². The minimum atomic E-state index is -0.576. The van der Waals surface area contributed by atoms with Crippen molar-refractivity contribution in [2.45, 2.75) is 6.92 Å². The van der Waals surface area contributed by atoms with Gasteiger partial charge in [-0.1, -0.05) is 11.6 Å². The number of aryl methyl sites for hydroxylation is 1. The van der Waals surface area contributed by atoms with Gasteiger partial charge in [0.15, 0.2) is 6.61 Å². The van der Waals surface area contributed by atoms with Crippen molar-refractivity contribution in [3.8, 4) is 0 Å². The molecule has 1 fully saturated rings. The van der Waals surface area contributed by atoms with E-state index >= 15 is 0 Å². The number of hydrogen-bond donors (Lipinski definition) is 1. The molecule has 0 atom stereocenters. The first-order chi connectivity index (χ1) is 9.58. The zero-order valence-electron chi connectivity index (χ0n) is 11.4. The van der Waals surface area contributed by atoms with E-state index in [0.717, 1.165) is 5.56 Å². The van der Waals surface area contributed by atoms with Crippen LogP contribution in [0.1, 0.15) is 15.9 Å². The number of rotatable bonds is 3. The molecule has 6 nitrogen and oxygen atoms in total. The van der Waals surface area contributed by atoms with Gasteiger partial charge in [-0.15, -0.1) is 0 Å². The monoisotopic (exact) mass is 278 g/mol. The zero-order chi connectivity index (χ0) is 14.5. The molecule has 0 aromatic heterocycles. The molecular weight excluding hydrogens is 260 g/mol. The van der Waals surface area contributed by atoms with Crippen LogP contribution in [0.2, 0.25) is 0 Å². The van der Waals surface area contributed by atoms with Crippen LogP contribution in [0.3, 0.4) is 0 Å². The van der Waals surface area contributed by atoms with Gasteiger partial charge in [0.1, 0.15) is 0 Å². The second kappa shape index (κ2) is 6.38. The van der Waals surface area contributed by atoms with Crippen molar-refractivity contribution >= 4 is 17.6 Å². The van der Waals surface area contributed by atoms with Gasteiger partial charge in [0.2, 0.25) is 0 Å². The zero-order valence-corrected chi connectivity index (χ0v) is 11.4. The Morgan fingerprint density at radius 1 is 1.35 bits per heavy atom. The van der Waals surface area contributed by atoms with Crippen LogP contribution in [0, 0.1) is 6.92 Å². The predicted molar refractivity (Wildman–Crippen MR) is 73.3 cm³/mol. The highest BCUT2D eigenvalue weighted by Gasteiger charge is 2.19. The van der Waals surface area contributed by atoms with E-state index in [-0.39, 0.29) is 12.5 Å². The number of nitrogen functional groups attached to an aromatic ring is 1. The summed E-state index contributed by atoms with van der Waals surface area (Å²) in [6.45, 7) is 3.68. The summed E-state index contributed by atoms with van der Waals surface area (Å²) in [4.78, 5) is 25.4. The molecule has 20 heavy (non-hydrogen) atoms. The molecule has 2 rings (SSSR count). The lowest BCUT2D eigenvalue weighted by atomic mass is 10.1. The Morgan fingerprint density at radius 2 is 2.05 bits per heavy atom. The van der Waals surface area contributed by atoms with Crippen molar-refractivity contribution < 1.29 is 19.1 Å². The Bertz CT molecular complexity index is 510. The van der Waals surface area contributed by atoms with E-state index in [1.165, 1.54) is 0 Å². The summed E-state index contributed by atoms with van der Waals surface area (Å²) in [5.74, 6) is -0.791. The molecule has 0 radical (unpaired) electrons. The number of carbonyl (C=O) groups excluding carboxylic acids is 2. The smallest absolute Gasteiger partial charge is 0.340 e. The molecule has 0 saturated carbocycles. The Balaban J connectivity index is 1.91. The Hall–Kier alpha value is -2.08. The summed E-state index contributed by atoms with van der Waals surface area (Å²) >= 11 is 0. The van der Waals surface area contributed by atoms with Crippen LogP contribution in [-0.2, 0) is 14.3 Å². The van der Waals surface area contributed by atoms with Crippen molar-refractivity contribution in [3.63, 3.8) is 0 Å². The molecule has 1 aromatic rings. The van der Waals surface area contributed by atoms with Crippen LogP contribution in [0.15, 0.2) is 18.2 Å². The summed E-state index contributed by atoms with van der Waals surface area (Å²) in [6, 6.07) is 5.11. The highest BCUT2D eigenvalue weighted by atomic mass is 16.5. The Labute approximate surface area is 117 Å². The van der Waals surface area contributed by atoms with Gasteiger partial charge >= 0.3 is 5.97 Å². The number of ether oxygens (including phenoxy) is 2. The van der Waals surface area contributed by atoms with Crippen molar-refractivity contribution in [1.29, 1.82) is 0 Å². The number of hydrogen-bond acceptors (Lipinski definition) is 5. The average molecular weight is 278 g/mol. The maximum atomic E-state index is 11.9. The van der Waals surface area contributed by atoms with E-state index < -0.39 is 5.97 Å². The SMILES string of the molecule is Cc1ccc(N)c(C(=O)OCC(=O)N2CCOCC2)c1. The summed E-state index contributed by atoms with van der Waals surface area (Å²) in [5.41, 5.74) is 7.27. The van der Waals surface area contributed by atoms with Gasteiger partial charge in [-0.25, -0.2) is 4.79 Å². The number of nitrogens with two attached hydrogens (primary N) is 1. The minimum absolute atomic E-state index is 0.215. The fourth-order valence-corrected chi connectivity index (χ4v) is 1.96. The van der Waals surface area contributed by atoms with Gasteiger partial charge in [-0.3, -0.25) is 4.79 Å². The topological polar surface area (TPSA) is 81.9 Å². The summed E-state index contributed by atoms with van der Waals surface area (Å²) in [7, 11) is 0. The lowest BCUT2D eigenvalue weighted by Crippen LogP contribution is -2.42. The molecule has 108 valence electrons. The van der Waals surface area contributed by atoms with Crippen molar-refractivity contribution in [3.05, 3.63) is 29.3 Å². The third-order valence-corrected chi connectivity index (χ3v) is 3.12. The van der Waals surface area contributed by atoms with Gasteiger partial charge in [0, 0.05) is 18.8 Å². The summed E-state index contributed by atoms with van der Waals surface area (Å²) < 4.78 is 10.2. The standard InChI is InChI=1S/C14H18N2O4/c1-10-2-3-12(15)11(8-10)14(18)20-9-13(17)16-4-6-19-7-5-16/h2-3,8H,4-7,9,15H2,1H3. The summed E-state index contributed by atoms with van der Waals surface area (Å²) in [6.07, 6.45) is 0. The van der Waals surface area contributed by atoms with Gasteiger partial charge in [0.25, 0.3) is 5.91 Å². The quantitative estimate of drug-likeness (QED) is 0.646. The number of nitrogens with zero attached hydrogens (tertiary/aromatic N) is 1. The summed E-state index contributed by atoms with van der Waals surface area (Å²) in [5, 5.41) is 0. The van der Waals surface area contributed by atoms with Gasteiger partial charge in [-0.05, 0) is 19.1 Å². The van der Waals surface area contributed by atoms with Crippen molar-refractivity contribution in [2.24, 2.45) is 0 Å². The first kappa shape index (κ1) is 14.3. The van der Waals surface area contributed by atoms with Crippen LogP contribution in [0.25, 0.3) is 0 Å². The van der Waals surface area contributed by atoms with Gasteiger partial charge in [0.05, 0.1) is 18.8 Å². The van der Waals surface area contributed by atoms with Crippen LogP contribution in [0.5, 0.6) is 0 Å². The molecular formula is C14H18N2O4. The second-order valence-corrected chi connectivity index (χ2v) is 4.66. The molecule has 6 heteroatoms. The number of morpholine rings is 1. The Morgan fingerprint density at radius 3 is 2.75 bits per heavy atom. The molecule has 1 amide bonds. The average Bonchev–Trinajstić information content (AvgIpc) is 2.47. The first-order valence-corrected chi connectivity index (χ1v) is 6.46. The van der Waals surface area contributed by atoms with Gasteiger partial charge in [-0.2, -0.15) is 0 Å². The molecule has 1 aliphatic heterocycles. The second-order valence-electron chi connectivity index (χ2n) is 4.66. The normalized spacial score (nSPS) is 14.9. The van der Waals surface area contributed by atoms with E-state index in [2.05, 4.69) is 0 Å². The van der Waals surface area contributed by atoms with Crippen LogP contribution in [-0.4, -0.2) is 49.7 Å². The molecule has 0 unspecified atom stereocenters. The molecule has 0 aliphatic carbocycles. The van der Waals surface area contributed by atoms with Crippen molar-refractivity contribution in [1.82, 2.24) is 4.90 Å². The van der Waals surface area contributed by atoms with E-state index in [1.54, 1.807) is 17.0 Å². The minimum Gasteiger partial charge on any atom is -0.452 e. The largest absolute Gasteiger partial charge is 0.452 e. The highest BCUT2D eigenvalue weighted by Crippen LogP contribution is 2.15. The molecule has 2 N–H and O–H groups in total. The van der Waals surface area contributed by atoms with Crippen molar-refractivity contribution in [2.75, 3.05) is 38.6 Å². The Kier molecular flexibility index (Phi) is 4.57. The third-order valence-electron chi connectivity index (χ3n) is 3.12. The predicted octanol–water partition coefficient (Wildman–Crippen LogP) is 0.593. The lowest BCUT2D eigenvalue weighted by molar-refractivity contribution is -0.138. The van der Waals surface area contributed by atoms with Crippen LogP contribution in [0.4, 0.5) is 5.69 Å². The van der Waals surface area contributed by atoms with E-state index in [4.69, 9.17) is 15.2 Å². The number of carbonyl (C=O) groups is 2. The van der Waals surface area contributed by atoms with Crippen LogP contribution >= 0.6 is 0 Å². The maximum absolute atomic E-state index is 11.9. The molecule has 1 saturated heterocycles. The molecule has 0 bridgehead atoms. The van der Waals surface area contributed by atoms with E-state index in [0.29, 0.717) is 37.6 Å². The van der Waals surface area contributed by atoms with Gasteiger partial charge < -0.3 is 20.1 Å². The molecule has 1 aliphatic rings.